The third-order valence-electron chi connectivity index (χ3n) is 4.22. The molecule has 0 aliphatic carbocycles. The van der Waals surface area contributed by atoms with Gasteiger partial charge < -0.3 is 9.47 Å². The minimum absolute atomic E-state index is 0.0544. The summed E-state index contributed by atoms with van der Waals surface area (Å²) in [6.45, 7) is 4.72. The minimum atomic E-state index is -2.45. The molecule has 6 heteroatoms. The molecule has 3 rings (SSSR count). The molecule has 148 valence electrons. The van der Waals surface area contributed by atoms with E-state index >= 15 is 0 Å². The van der Waals surface area contributed by atoms with Crippen LogP contribution in [0.1, 0.15) is 36.3 Å². The van der Waals surface area contributed by atoms with E-state index < -0.39 is 6.43 Å². The Hall–Kier alpha value is -2.31. The maximum absolute atomic E-state index is 13.0. The second-order valence-corrected chi connectivity index (χ2v) is 8.04. The topological polar surface area (TPSA) is 18.5 Å². The van der Waals surface area contributed by atoms with Gasteiger partial charge in [0.25, 0.3) is 6.43 Å². The van der Waals surface area contributed by atoms with Crippen molar-refractivity contribution in [2.45, 2.75) is 32.3 Å². The monoisotopic (exact) mass is 406 g/mol. The first-order valence-electron chi connectivity index (χ1n) is 8.81. The molecule has 1 aromatic heterocycles. The Balaban J connectivity index is 1.57. The summed E-state index contributed by atoms with van der Waals surface area (Å²) in [7, 11) is 0. The van der Waals surface area contributed by atoms with Crippen molar-refractivity contribution in [2.75, 3.05) is 6.61 Å². The summed E-state index contributed by atoms with van der Waals surface area (Å²) in [6, 6.07) is 14.8. The lowest BCUT2D eigenvalue weighted by atomic mass is 9.92. The normalized spacial score (nSPS) is 11.8. The van der Waals surface area contributed by atoms with Crippen LogP contribution in [0.25, 0.3) is 0 Å². The van der Waals surface area contributed by atoms with Crippen molar-refractivity contribution >= 4 is 11.3 Å². The molecule has 0 N–H and O–H groups in total. The number of hydrogen-bond acceptors (Lipinski definition) is 3. The molecule has 1 heterocycles. The molecule has 0 fully saturated rings. The molecule has 0 saturated carbocycles. The van der Waals surface area contributed by atoms with E-state index in [1.54, 1.807) is 18.2 Å². The summed E-state index contributed by atoms with van der Waals surface area (Å²) in [5, 5.41) is 1.50. The van der Waals surface area contributed by atoms with Crippen LogP contribution in [0.4, 0.5) is 13.2 Å². The molecule has 0 saturated heterocycles. The van der Waals surface area contributed by atoms with Gasteiger partial charge in [0.15, 0.2) is 0 Å². The van der Waals surface area contributed by atoms with Crippen LogP contribution >= 0.6 is 11.3 Å². The molecule has 0 spiro atoms. The fourth-order valence-corrected chi connectivity index (χ4v) is 3.67. The minimum Gasteiger partial charge on any atom is -0.457 e. The van der Waals surface area contributed by atoms with E-state index in [1.807, 2.05) is 38.1 Å². The van der Waals surface area contributed by atoms with Crippen molar-refractivity contribution in [3.05, 3.63) is 81.8 Å². The lowest BCUT2D eigenvalue weighted by molar-refractivity contribution is 0.0834. The van der Waals surface area contributed by atoms with Gasteiger partial charge in [0, 0.05) is 15.9 Å². The first-order chi connectivity index (χ1) is 13.3. The second kappa shape index (κ2) is 8.80. The van der Waals surface area contributed by atoms with Gasteiger partial charge in [-0.15, -0.1) is 11.3 Å². The molecule has 0 atom stereocenters. The van der Waals surface area contributed by atoms with Gasteiger partial charge in [0.2, 0.25) is 0 Å². The van der Waals surface area contributed by atoms with Gasteiger partial charge in [-0.1, -0.05) is 26.0 Å². The van der Waals surface area contributed by atoms with Crippen LogP contribution in [0.5, 0.6) is 11.5 Å². The molecule has 0 aliphatic rings. The Morgan fingerprint density at radius 3 is 2.43 bits per heavy atom. The third kappa shape index (κ3) is 5.36. The fraction of sp³-hybridized carbons (Fsp3) is 0.273. The molecule has 0 amide bonds. The van der Waals surface area contributed by atoms with Crippen molar-refractivity contribution in [3.8, 4) is 11.5 Å². The predicted octanol–water partition coefficient (Wildman–Crippen LogP) is 7.11. The van der Waals surface area contributed by atoms with Gasteiger partial charge in [-0.3, -0.25) is 0 Å². The summed E-state index contributed by atoms with van der Waals surface area (Å²) >= 11 is 1.33. The average molecular weight is 406 g/mol. The van der Waals surface area contributed by atoms with Gasteiger partial charge in [0.05, 0.1) is 13.2 Å². The second-order valence-electron chi connectivity index (χ2n) is 7.13. The zero-order chi connectivity index (χ0) is 20.1. The quantitative estimate of drug-likeness (QED) is 0.397. The summed E-state index contributed by atoms with van der Waals surface area (Å²) in [5.74, 6) is 0.864. The van der Waals surface area contributed by atoms with E-state index in [0.29, 0.717) is 24.7 Å². The fourth-order valence-electron chi connectivity index (χ4n) is 2.65. The van der Waals surface area contributed by atoms with E-state index in [-0.39, 0.29) is 16.8 Å². The highest BCUT2D eigenvalue weighted by atomic mass is 32.1. The molecule has 3 aromatic rings. The average Bonchev–Trinajstić information content (AvgIpc) is 3.15. The van der Waals surface area contributed by atoms with Gasteiger partial charge >= 0.3 is 0 Å². The Morgan fingerprint density at radius 2 is 1.75 bits per heavy atom. The number of benzene rings is 2. The van der Waals surface area contributed by atoms with Crippen LogP contribution in [0, 0.1) is 5.82 Å². The number of rotatable bonds is 8. The summed E-state index contributed by atoms with van der Waals surface area (Å²) in [6.07, 6.45) is -2.45. The van der Waals surface area contributed by atoms with Crippen LogP contribution in [-0.2, 0) is 16.8 Å². The van der Waals surface area contributed by atoms with Crippen LogP contribution in [-0.4, -0.2) is 6.61 Å². The maximum Gasteiger partial charge on any atom is 0.264 e. The largest absolute Gasteiger partial charge is 0.457 e. The Kier molecular flexibility index (Phi) is 6.42. The standard InChI is InChI=1S/C22H21F3O2S/c1-22(2,20-11-16(13-28-20)21(24)25)14-26-12-15-4-3-5-19(10-15)27-18-8-6-17(23)7-9-18/h3-11,13,21H,12,14H2,1-2H3. The molecule has 2 nitrogen and oxygen atoms in total. The number of hydrogen-bond donors (Lipinski definition) is 0. The first-order valence-corrected chi connectivity index (χ1v) is 9.69. The number of ether oxygens (including phenoxy) is 2. The van der Waals surface area contributed by atoms with Gasteiger partial charge in [-0.05, 0) is 53.4 Å². The zero-order valence-electron chi connectivity index (χ0n) is 15.6. The molecule has 0 radical (unpaired) electrons. The van der Waals surface area contributed by atoms with Crippen LogP contribution < -0.4 is 4.74 Å². The summed E-state index contributed by atoms with van der Waals surface area (Å²) < 4.78 is 50.1. The van der Waals surface area contributed by atoms with Crippen molar-refractivity contribution in [2.24, 2.45) is 0 Å². The van der Waals surface area contributed by atoms with Crippen molar-refractivity contribution < 1.29 is 22.6 Å². The number of thiophene rings is 1. The predicted molar refractivity (Wildman–Crippen MR) is 105 cm³/mol. The first kappa shape index (κ1) is 20.4. The lowest BCUT2D eigenvalue weighted by Crippen LogP contribution is -2.23. The van der Waals surface area contributed by atoms with Crippen molar-refractivity contribution in [1.29, 1.82) is 0 Å². The van der Waals surface area contributed by atoms with Crippen molar-refractivity contribution in [1.82, 2.24) is 0 Å². The highest BCUT2D eigenvalue weighted by Gasteiger charge is 2.24. The molecule has 28 heavy (non-hydrogen) atoms. The third-order valence-corrected chi connectivity index (χ3v) is 5.53. The lowest BCUT2D eigenvalue weighted by Gasteiger charge is -2.23. The van der Waals surface area contributed by atoms with E-state index in [9.17, 15) is 13.2 Å². The molecular formula is C22H21F3O2S. The molecule has 0 aliphatic heterocycles. The van der Waals surface area contributed by atoms with E-state index in [2.05, 4.69) is 0 Å². The highest BCUT2D eigenvalue weighted by molar-refractivity contribution is 7.10. The molecular weight excluding hydrogens is 385 g/mol. The van der Waals surface area contributed by atoms with Crippen LogP contribution in [0.15, 0.2) is 60.0 Å². The van der Waals surface area contributed by atoms with E-state index in [4.69, 9.17) is 9.47 Å². The van der Waals surface area contributed by atoms with E-state index in [1.165, 1.54) is 28.8 Å². The maximum atomic E-state index is 13.0. The Bertz CT molecular complexity index is 904. The molecule has 0 bridgehead atoms. The number of halogens is 3. The highest BCUT2D eigenvalue weighted by Crippen LogP contribution is 2.33. The summed E-state index contributed by atoms with van der Waals surface area (Å²) in [5.41, 5.74) is 0.619. The Morgan fingerprint density at radius 1 is 1.00 bits per heavy atom. The van der Waals surface area contributed by atoms with Gasteiger partial charge in [-0.2, -0.15) is 0 Å². The van der Waals surface area contributed by atoms with Crippen LogP contribution in [0.2, 0.25) is 0 Å². The van der Waals surface area contributed by atoms with E-state index in [0.717, 1.165) is 10.4 Å². The molecule has 2 aromatic carbocycles. The zero-order valence-corrected chi connectivity index (χ0v) is 16.4. The summed E-state index contributed by atoms with van der Waals surface area (Å²) in [4.78, 5) is 0.871. The molecule has 0 unspecified atom stereocenters. The SMILES string of the molecule is CC(C)(COCc1cccc(Oc2ccc(F)cc2)c1)c1cc(C(F)F)cs1. The Labute approximate surface area is 166 Å². The van der Waals surface area contributed by atoms with Gasteiger partial charge in [0.1, 0.15) is 17.3 Å². The number of alkyl halides is 2. The van der Waals surface area contributed by atoms with Gasteiger partial charge in [-0.25, -0.2) is 13.2 Å². The van der Waals surface area contributed by atoms with Crippen LogP contribution in [0.3, 0.4) is 0 Å². The van der Waals surface area contributed by atoms with Crippen molar-refractivity contribution in [3.63, 3.8) is 0 Å². The smallest absolute Gasteiger partial charge is 0.264 e.